The summed E-state index contributed by atoms with van der Waals surface area (Å²) in [6.45, 7) is 0. The molecule has 39 heavy (non-hydrogen) atoms. The molecule has 182 valence electrons. The number of fused-ring (bicyclic) bond motifs is 9. The largest absolute Gasteiger partial charge is 0.455 e. The van der Waals surface area contributed by atoms with E-state index in [4.69, 9.17) is 13.3 Å². The van der Waals surface area contributed by atoms with Gasteiger partial charge >= 0.3 is 0 Å². The third-order valence-electron chi connectivity index (χ3n) is 7.64. The van der Waals surface area contributed by atoms with Crippen LogP contribution in [0.15, 0.2) is 123 Å². The maximum atomic E-state index is 6.52. The molecule has 5 heteroatoms. The third kappa shape index (κ3) is 2.84. The lowest BCUT2D eigenvalue weighted by Crippen LogP contribution is -1.83. The van der Waals surface area contributed by atoms with Gasteiger partial charge in [-0.3, -0.25) is 4.98 Å². The van der Waals surface area contributed by atoms with Gasteiger partial charge in [0.2, 0.25) is 5.71 Å². The molecule has 0 aliphatic heterocycles. The molecule has 0 bridgehead atoms. The van der Waals surface area contributed by atoms with Crippen molar-refractivity contribution in [2.75, 3.05) is 0 Å². The van der Waals surface area contributed by atoms with Crippen molar-refractivity contribution in [3.8, 4) is 22.3 Å². The number of hydrogen-bond acceptors (Lipinski definition) is 5. The van der Waals surface area contributed by atoms with Crippen molar-refractivity contribution >= 4 is 66.1 Å². The maximum Gasteiger partial charge on any atom is 0.227 e. The Morgan fingerprint density at radius 1 is 0.462 bits per heavy atom. The lowest BCUT2D eigenvalue weighted by atomic mass is 9.98. The van der Waals surface area contributed by atoms with Gasteiger partial charge in [-0.25, -0.2) is 4.98 Å². The van der Waals surface area contributed by atoms with E-state index in [2.05, 4.69) is 46.4 Å². The van der Waals surface area contributed by atoms with Crippen molar-refractivity contribution in [3.05, 3.63) is 109 Å². The Labute approximate surface area is 220 Å². The van der Waals surface area contributed by atoms with Crippen LogP contribution in [-0.4, -0.2) is 9.97 Å². The van der Waals surface area contributed by atoms with E-state index in [-0.39, 0.29) is 0 Å². The summed E-state index contributed by atoms with van der Waals surface area (Å²) in [6.07, 6.45) is 3.64. The van der Waals surface area contributed by atoms with E-state index in [9.17, 15) is 0 Å². The van der Waals surface area contributed by atoms with Crippen LogP contribution in [0, 0.1) is 0 Å². The fourth-order valence-corrected chi connectivity index (χ4v) is 5.88. The monoisotopic (exact) mass is 502 g/mol. The fourth-order valence-electron chi connectivity index (χ4n) is 5.88. The van der Waals surface area contributed by atoms with Gasteiger partial charge in [0.15, 0.2) is 5.58 Å². The zero-order valence-corrected chi connectivity index (χ0v) is 20.5. The number of rotatable bonds is 2. The van der Waals surface area contributed by atoms with Gasteiger partial charge in [0.1, 0.15) is 27.8 Å². The van der Waals surface area contributed by atoms with Gasteiger partial charge < -0.3 is 13.3 Å². The molecule has 0 radical (unpaired) electrons. The number of hydrogen-bond donors (Lipinski definition) is 0. The molecule has 0 saturated heterocycles. The predicted molar refractivity (Wildman–Crippen MR) is 155 cm³/mol. The molecule has 0 aliphatic carbocycles. The molecule has 4 aromatic carbocycles. The second-order valence-corrected chi connectivity index (χ2v) is 9.77. The van der Waals surface area contributed by atoms with Gasteiger partial charge in [0, 0.05) is 50.6 Å². The smallest absolute Gasteiger partial charge is 0.227 e. The summed E-state index contributed by atoms with van der Waals surface area (Å²) in [5.74, 6) is 0. The molecule has 9 rings (SSSR count). The zero-order valence-electron chi connectivity index (χ0n) is 20.5. The molecule has 0 unspecified atom stereocenters. The Kier molecular flexibility index (Phi) is 3.99. The van der Waals surface area contributed by atoms with Crippen molar-refractivity contribution in [1.82, 2.24) is 9.97 Å². The average Bonchev–Trinajstić information content (AvgIpc) is 3.67. The number of furan rings is 3. The standard InChI is InChI=1S/C34H18N2O3/c1-3-10-27-24(6-1)30-21(15-17-36-34(30)39-27)22-8-5-9-23-26-18-19(12-13-29(26)37-32(22)23)20-14-16-35-31-25-7-2-4-11-28(25)38-33(20)31/h1-18H. The van der Waals surface area contributed by atoms with Crippen LogP contribution in [0.25, 0.3) is 88.3 Å². The molecule has 5 aromatic heterocycles. The maximum absolute atomic E-state index is 6.52. The van der Waals surface area contributed by atoms with Crippen LogP contribution in [-0.2, 0) is 0 Å². The van der Waals surface area contributed by atoms with E-state index in [1.165, 1.54) is 0 Å². The normalized spacial score (nSPS) is 12.1. The second kappa shape index (κ2) is 7.55. The zero-order chi connectivity index (χ0) is 25.5. The van der Waals surface area contributed by atoms with Crippen LogP contribution in [0.5, 0.6) is 0 Å². The van der Waals surface area contributed by atoms with Gasteiger partial charge in [-0.05, 0) is 48.0 Å². The van der Waals surface area contributed by atoms with E-state index in [0.29, 0.717) is 5.71 Å². The van der Waals surface area contributed by atoms with Crippen LogP contribution in [0.4, 0.5) is 0 Å². The summed E-state index contributed by atoms with van der Waals surface area (Å²) in [4.78, 5) is 9.12. The summed E-state index contributed by atoms with van der Waals surface area (Å²) in [5.41, 5.74) is 9.71. The molecular formula is C34H18N2O3. The molecule has 0 N–H and O–H groups in total. The second-order valence-electron chi connectivity index (χ2n) is 9.77. The van der Waals surface area contributed by atoms with E-state index >= 15 is 0 Å². The first-order valence-electron chi connectivity index (χ1n) is 12.8. The van der Waals surface area contributed by atoms with Gasteiger partial charge in [-0.2, -0.15) is 0 Å². The Morgan fingerprint density at radius 3 is 2.10 bits per heavy atom. The van der Waals surface area contributed by atoms with Crippen molar-refractivity contribution in [3.63, 3.8) is 0 Å². The number of aromatic nitrogens is 2. The van der Waals surface area contributed by atoms with Gasteiger partial charge in [0.25, 0.3) is 0 Å². The number of para-hydroxylation sites is 3. The molecular weight excluding hydrogens is 484 g/mol. The Hall–Kier alpha value is -5.42. The molecule has 0 aliphatic rings. The quantitative estimate of drug-likeness (QED) is 0.235. The Bertz CT molecular complexity index is 2410. The minimum atomic E-state index is 0.622. The molecule has 0 amide bonds. The van der Waals surface area contributed by atoms with Gasteiger partial charge in [-0.1, -0.05) is 54.6 Å². The highest BCUT2D eigenvalue weighted by molar-refractivity contribution is 6.17. The lowest BCUT2D eigenvalue weighted by Gasteiger charge is -2.04. The Morgan fingerprint density at radius 2 is 1.18 bits per heavy atom. The van der Waals surface area contributed by atoms with Crippen LogP contribution in [0.1, 0.15) is 0 Å². The molecule has 0 atom stereocenters. The summed E-state index contributed by atoms with van der Waals surface area (Å²) in [6, 6.07) is 32.7. The topological polar surface area (TPSA) is 65.2 Å². The van der Waals surface area contributed by atoms with E-state index in [0.717, 1.165) is 82.6 Å². The molecule has 0 saturated carbocycles. The molecule has 9 aromatic rings. The SMILES string of the molecule is c1ccc2c(c1)oc1c(-c3ccc4oc5c(-c6ccnc7oc8ccccc8c67)cccc5c4c3)ccnc12. The summed E-state index contributed by atoms with van der Waals surface area (Å²) < 4.78 is 18.8. The van der Waals surface area contributed by atoms with Crippen LogP contribution < -0.4 is 0 Å². The number of pyridine rings is 2. The minimum absolute atomic E-state index is 0.622. The van der Waals surface area contributed by atoms with Crippen LogP contribution in [0.2, 0.25) is 0 Å². The van der Waals surface area contributed by atoms with Crippen LogP contribution >= 0.6 is 0 Å². The number of benzene rings is 4. The minimum Gasteiger partial charge on any atom is -0.455 e. The highest BCUT2D eigenvalue weighted by atomic mass is 16.3. The van der Waals surface area contributed by atoms with Crippen molar-refractivity contribution in [2.45, 2.75) is 0 Å². The van der Waals surface area contributed by atoms with E-state index in [1.807, 2.05) is 66.9 Å². The fraction of sp³-hybridized carbons (Fsp3) is 0. The van der Waals surface area contributed by atoms with E-state index < -0.39 is 0 Å². The third-order valence-corrected chi connectivity index (χ3v) is 7.64. The van der Waals surface area contributed by atoms with Crippen molar-refractivity contribution in [2.24, 2.45) is 0 Å². The highest BCUT2D eigenvalue weighted by Crippen LogP contribution is 2.42. The summed E-state index contributed by atoms with van der Waals surface area (Å²) >= 11 is 0. The first kappa shape index (κ1) is 20.6. The van der Waals surface area contributed by atoms with Gasteiger partial charge in [0.05, 0.1) is 5.39 Å². The average molecular weight is 503 g/mol. The van der Waals surface area contributed by atoms with Crippen LogP contribution in [0.3, 0.4) is 0 Å². The number of nitrogens with zero attached hydrogens (tertiary/aromatic N) is 2. The molecule has 5 nitrogen and oxygen atoms in total. The predicted octanol–water partition coefficient (Wildman–Crippen LogP) is 9.51. The van der Waals surface area contributed by atoms with Crippen molar-refractivity contribution < 1.29 is 13.3 Å². The molecule has 0 fully saturated rings. The van der Waals surface area contributed by atoms with Crippen molar-refractivity contribution in [1.29, 1.82) is 0 Å². The lowest BCUT2D eigenvalue weighted by molar-refractivity contribution is 0.654. The summed E-state index contributed by atoms with van der Waals surface area (Å²) in [5, 5.41) is 5.15. The Balaban J connectivity index is 1.29. The summed E-state index contributed by atoms with van der Waals surface area (Å²) in [7, 11) is 0. The highest BCUT2D eigenvalue weighted by Gasteiger charge is 2.19. The van der Waals surface area contributed by atoms with E-state index in [1.54, 1.807) is 6.20 Å². The molecule has 0 spiro atoms. The van der Waals surface area contributed by atoms with Gasteiger partial charge in [-0.15, -0.1) is 0 Å². The first-order valence-corrected chi connectivity index (χ1v) is 12.8. The first-order chi connectivity index (χ1) is 19.3. The molecule has 5 heterocycles.